The standard InChI is InChI=1S/C24H26Cl2N2O/c1-4-18-6-11-22(21(26)15-18)28-14-13-27(24(29)12-5-17(2)3)16-23(28)19-7-9-20(25)10-8-19/h1,6-11,15,17,23H,5,12-14,16H2,2-3H3/t23-/m0/s1. The van der Waals surface area contributed by atoms with Gasteiger partial charge < -0.3 is 9.80 Å². The van der Waals surface area contributed by atoms with E-state index in [-0.39, 0.29) is 11.9 Å². The van der Waals surface area contributed by atoms with Crippen LogP contribution < -0.4 is 4.90 Å². The lowest BCUT2D eigenvalue weighted by Gasteiger charge is -2.43. The zero-order valence-electron chi connectivity index (χ0n) is 16.9. The molecule has 0 aliphatic carbocycles. The van der Waals surface area contributed by atoms with Crippen LogP contribution in [0.5, 0.6) is 0 Å². The lowest BCUT2D eigenvalue weighted by Crippen LogP contribution is -2.50. The second-order valence-electron chi connectivity index (χ2n) is 7.84. The van der Waals surface area contributed by atoms with Crippen LogP contribution in [0.2, 0.25) is 10.0 Å². The molecule has 2 aromatic rings. The van der Waals surface area contributed by atoms with Crippen molar-refractivity contribution in [2.75, 3.05) is 24.5 Å². The maximum atomic E-state index is 12.8. The van der Waals surface area contributed by atoms with E-state index in [0.717, 1.165) is 23.2 Å². The highest BCUT2D eigenvalue weighted by molar-refractivity contribution is 6.33. The smallest absolute Gasteiger partial charge is 0.222 e. The van der Waals surface area contributed by atoms with Gasteiger partial charge in [0.15, 0.2) is 0 Å². The van der Waals surface area contributed by atoms with Crippen LogP contribution in [0.1, 0.15) is 43.9 Å². The topological polar surface area (TPSA) is 23.6 Å². The Bertz CT molecular complexity index is 902. The van der Waals surface area contributed by atoms with Crippen LogP contribution in [0.25, 0.3) is 0 Å². The fourth-order valence-corrected chi connectivity index (χ4v) is 4.08. The van der Waals surface area contributed by atoms with Gasteiger partial charge in [0.05, 0.1) is 16.8 Å². The van der Waals surface area contributed by atoms with E-state index >= 15 is 0 Å². The summed E-state index contributed by atoms with van der Waals surface area (Å²) in [4.78, 5) is 17.0. The highest BCUT2D eigenvalue weighted by atomic mass is 35.5. The molecule has 29 heavy (non-hydrogen) atoms. The van der Waals surface area contributed by atoms with E-state index in [9.17, 15) is 4.79 Å². The Morgan fingerprint density at radius 2 is 1.90 bits per heavy atom. The van der Waals surface area contributed by atoms with Gasteiger partial charge in [-0.1, -0.05) is 55.1 Å². The number of piperazine rings is 1. The number of carbonyl (C=O) groups excluding carboxylic acids is 1. The van der Waals surface area contributed by atoms with E-state index in [2.05, 4.69) is 24.7 Å². The molecule has 1 aliphatic heterocycles. The summed E-state index contributed by atoms with van der Waals surface area (Å²) in [7, 11) is 0. The quantitative estimate of drug-likeness (QED) is 0.561. The second-order valence-corrected chi connectivity index (χ2v) is 8.69. The Kier molecular flexibility index (Phi) is 7.11. The maximum absolute atomic E-state index is 12.8. The Morgan fingerprint density at radius 1 is 1.17 bits per heavy atom. The van der Waals surface area contributed by atoms with Gasteiger partial charge in [-0.15, -0.1) is 6.42 Å². The number of halogens is 2. The third-order valence-electron chi connectivity index (χ3n) is 5.35. The van der Waals surface area contributed by atoms with Gasteiger partial charge in [0.25, 0.3) is 0 Å². The predicted molar refractivity (Wildman–Crippen MR) is 122 cm³/mol. The van der Waals surface area contributed by atoms with Crippen molar-refractivity contribution in [1.82, 2.24) is 4.90 Å². The van der Waals surface area contributed by atoms with E-state index in [4.69, 9.17) is 29.6 Å². The summed E-state index contributed by atoms with van der Waals surface area (Å²) in [6, 6.07) is 13.5. The van der Waals surface area contributed by atoms with Crippen molar-refractivity contribution in [3.8, 4) is 12.3 Å². The predicted octanol–water partition coefficient (Wildman–Crippen LogP) is 5.80. The van der Waals surface area contributed by atoms with E-state index in [1.807, 2.05) is 47.4 Å². The monoisotopic (exact) mass is 428 g/mol. The first kappa shape index (κ1) is 21.6. The van der Waals surface area contributed by atoms with Crippen LogP contribution in [-0.4, -0.2) is 30.4 Å². The highest BCUT2D eigenvalue weighted by Gasteiger charge is 2.31. The number of hydrogen-bond acceptors (Lipinski definition) is 2. The Hall–Kier alpha value is -2.15. The van der Waals surface area contributed by atoms with Crippen LogP contribution in [0.4, 0.5) is 5.69 Å². The Balaban J connectivity index is 1.89. The Morgan fingerprint density at radius 3 is 2.52 bits per heavy atom. The minimum absolute atomic E-state index is 0.00166. The van der Waals surface area contributed by atoms with Crippen LogP contribution in [0.15, 0.2) is 42.5 Å². The van der Waals surface area contributed by atoms with Crippen LogP contribution >= 0.6 is 23.2 Å². The van der Waals surface area contributed by atoms with Crippen molar-refractivity contribution in [2.45, 2.75) is 32.7 Å². The van der Waals surface area contributed by atoms with Gasteiger partial charge in [-0.2, -0.15) is 0 Å². The molecular formula is C24H26Cl2N2O. The average Bonchev–Trinajstić information content (AvgIpc) is 2.72. The summed E-state index contributed by atoms with van der Waals surface area (Å²) < 4.78 is 0. The summed E-state index contributed by atoms with van der Waals surface area (Å²) in [6.07, 6.45) is 6.99. The number of hydrogen-bond donors (Lipinski definition) is 0. The second kappa shape index (κ2) is 9.57. The van der Waals surface area contributed by atoms with E-state index in [1.165, 1.54) is 0 Å². The lowest BCUT2D eigenvalue weighted by atomic mass is 10.00. The number of rotatable bonds is 5. The fourth-order valence-electron chi connectivity index (χ4n) is 3.67. The summed E-state index contributed by atoms with van der Waals surface area (Å²) in [5.74, 6) is 3.35. The first-order valence-corrected chi connectivity index (χ1v) is 10.7. The molecule has 1 amide bonds. The number of amides is 1. The molecule has 0 bridgehead atoms. The average molecular weight is 429 g/mol. The number of anilines is 1. The van der Waals surface area contributed by atoms with Gasteiger partial charge in [-0.25, -0.2) is 0 Å². The molecule has 152 valence electrons. The molecule has 1 heterocycles. The van der Waals surface area contributed by atoms with Gasteiger partial charge in [0, 0.05) is 36.6 Å². The zero-order valence-corrected chi connectivity index (χ0v) is 18.4. The number of nitrogens with zero attached hydrogens (tertiary/aromatic N) is 2. The van der Waals surface area contributed by atoms with Gasteiger partial charge in [-0.3, -0.25) is 4.79 Å². The normalized spacial score (nSPS) is 16.8. The SMILES string of the molecule is C#Cc1ccc(N2CCN(C(=O)CCC(C)C)C[C@H]2c2ccc(Cl)cc2)c(Cl)c1. The van der Waals surface area contributed by atoms with Crippen molar-refractivity contribution in [3.05, 3.63) is 63.6 Å². The maximum Gasteiger partial charge on any atom is 0.222 e. The van der Waals surface area contributed by atoms with Crippen molar-refractivity contribution < 1.29 is 4.79 Å². The molecule has 1 atom stereocenters. The van der Waals surface area contributed by atoms with Crippen LogP contribution in [0.3, 0.4) is 0 Å². The lowest BCUT2D eigenvalue weighted by molar-refractivity contribution is -0.132. The van der Waals surface area contributed by atoms with Crippen molar-refractivity contribution >= 4 is 34.8 Å². The van der Waals surface area contributed by atoms with E-state index in [0.29, 0.717) is 42.0 Å². The van der Waals surface area contributed by atoms with Crippen LogP contribution in [-0.2, 0) is 4.79 Å². The molecule has 2 aromatic carbocycles. The van der Waals surface area contributed by atoms with Crippen LogP contribution in [0, 0.1) is 18.3 Å². The molecule has 0 spiro atoms. The minimum Gasteiger partial charge on any atom is -0.360 e. The molecule has 1 fully saturated rings. The molecule has 3 rings (SSSR count). The molecule has 0 unspecified atom stereocenters. The molecule has 0 aromatic heterocycles. The fraction of sp³-hybridized carbons (Fsp3) is 0.375. The molecule has 0 radical (unpaired) electrons. The van der Waals surface area contributed by atoms with Crippen molar-refractivity contribution in [2.24, 2.45) is 5.92 Å². The molecule has 0 saturated carbocycles. The molecule has 1 saturated heterocycles. The van der Waals surface area contributed by atoms with Gasteiger partial charge in [-0.05, 0) is 48.2 Å². The van der Waals surface area contributed by atoms with E-state index in [1.54, 1.807) is 0 Å². The first-order valence-electron chi connectivity index (χ1n) is 9.95. The Labute approximate surface area is 183 Å². The number of carbonyl (C=O) groups is 1. The minimum atomic E-state index is -0.00166. The van der Waals surface area contributed by atoms with Gasteiger partial charge >= 0.3 is 0 Å². The molecule has 0 N–H and O–H groups in total. The van der Waals surface area contributed by atoms with Gasteiger partial charge in [0.2, 0.25) is 5.91 Å². The van der Waals surface area contributed by atoms with Crippen molar-refractivity contribution in [1.29, 1.82) is 0 Å². The third-order valence-corrected chi connectivity index (χ3v) is 5.90. The zero-order chi connectivity index (χ0) is 21.0. The summed E-state index contributed by atoms with van der Waals surface area (Å²) in [5, 5.41) is 1.32. The van der Waals surface area contributed by atoms with Gasteiger partial charge in [0.1, 0.15) is 0 Å². The van der Waals surface area contributed by atoms with Crippen molar-refractivity contribution in [3.63, 3.8) is 0 Å². The molecular weight excluding hydrogens is 403 g/mol. The number of benzene rings is 2. The highest BCUT2D eigenvalue weighted by Crippen LogP contribution is 2.36. The van der Waals surface area contributed by atoms with E-state index < -0.39 is 0 Å². The summed E-state index contributed by atoms with van der Waals surface area (Å²) in [5.41, 5.74) is 2.79. The largest absolute Gasteiger partial charge is 0.360 e. The number of terminal acetylenes is 1. The molecule has 1 aliphatic rings. The summed E-state index contributed by atoms with van der Waals surface area (Å²) >= 11 is 12.7. The first-order chi connectivity index (χ1) is 13.9. The summed E-state index contributed by atoms with van der Waals surface area (Å²) in [6.45, 7) is 6.28. The third kappa shape index (κ3) is 5.26. The molecule has 5 heteroatoms. The molecule has 3 nitrogen and oxygen atoms in total.